The van der Waals surface area contributed by atoms with E-state index in [1.165, 1.54) is 0 Å². The normalized spacial score (nSPS) is 18.2. The third-order valence-corrected chi connectivity index (χ3v) is 7.83. The molecule has 0 fully saturated rings. The molecule has 0 radical (unpaired) electrons. The van der Waals surface area contributed by atoms with Gasteiger partial charge in [0.2, 0.25) is 23.6 Å². The van der Waals surface area contributed by atoms with Gasteiger partial charge in [0.1, 0.15) is 17.4 Å². The van der Waals surface area contributed by atoms with Crippen LogP contribution < -0.4 is 31.5 Å². The van der Waals surface area contributed by atoms with E-state index >= 15 is 0 Å². The Morgan fingerprint density at radius 3 is 2.32 bits per heavy atom. The summed E-state index contributed by atoms with van der Waals surface area (Å²) < 4.78 is 11.1. The summed E-state index contributed by atoms with van der Waals surface area (Å²) in [6.07, 6.45) is 1.34. The SMILES string of the molecule is CC(C)C[C@H]1C(=O)N[C@H](C(=O)NCC(=O)NCCCNC(=O)OC(C)(C)C)Cc2ccc(cc2)OCCC[C@@H]1C(=O)NOCc1ccccc1. The summed E-state index contributed by atoms with van der Waals surface area (Å²) in [6, 6.07) is 15.7. The lowest BCUT2D eigenvalue weighted by atomic mass is 9.81. The van der Waals surface area contributed by atoms with Gasteiger partial charge in [-0.3, -0.25) is 24.0 Å². The second-order valence-electron chi connectivity index (χ2n) is 13.8. The van der Waals surface area contributed by atoms with E-state index in [-0.39, 0.29) is 32.0 Å². The topological polar surface area (TPSA) is 173 Å². The van der Waals surface area contributed by atoms with Crippen LogP contribution in [0.2, 0.25) is 0 Å². The summed E-state index contributed by atoms with van der Waals surface area (Å²) in [4.78, 5) is 70.9. The van der Waals surface area contributed by atoms with E-state index < -0.39 is 53.2 Å². The van der Waals surface area contributed by atoms with Crippen LogP contribution >= 0.6 is 0 Å². The highest BCUT2D eigenvalue weighted by molar-refractivity contribution is 5.93. The highest BCUT2D eigenvalue weighted by atomic mass is 16.6. The molecule has 2 aromatic rings. The number of ether oxygens (including phenoxy) is 2. The minimum absolute atomic E-state index is 0.0727. The van der Waals surface area contributed by atoms with E-state index in [1.807, 2.05) is 56.3 Å². The van der Waals surface area contributed by atoms with E-state index in [0.717, 1.165) is 11.1 Å². The first kappa shape index (κ1) is 39.8. The van der Waals surface area contributed by atoms with Crippen LogP contribution in [-0.4, -0.2) is 67.6 Å². The Morgan fingerprint density at radius 1 is 0.940 bits per heavy atom. The lowest BCUT2D eigenvalue weighted by molar-refractivity contribution is -0.145. The second-order valence-corrected chi connectivity index (χ2v) is 13.8. The van der Waals surface area contributed by atoms with Gasteiger partial charge in [0.15, 0.2) is 0 Å². The molecule has 0 spiro atoms. The second kappa shape index (κ2) is 20.1. The largest absolute Gasteiger partial charge is 0.494 e. The van der Waals surface area contributed by atoms with Crippen LogP contribution in [0.4, 0.5) is 4.79 Å². The Hall–Kier alpha value is -4.65. The maximum absolute atomic E-state index is 14.0. The van der Waals surface area contributed by atoms with Gasteiger partial charge in [0.05, 0.1) is 25.7 Å². The first-order valence-electron chi connectivity index (χ1n) is 17.3. The minimum Gasteiger partial charge on any atom is -0.494 e. The van der Waals surface area contributed by atoms with Crippen LogP contribution in [0.5, 0.6) is 5.75 Å². The lowest BCUT2D eigenvalue weighted by Gasteiger charge is -2.29. The van der Waals surface area contributed by atoms with E-state index in [9.17, 15) is 24.0 Å². The molecule has 3 atom stereocenters. The molecule has 2 heterocycles. The van der Waals surface area contributed by atoms with Crippen LogP contribution in [-0.2, 0) is 41.8 Å². The molecule has 0 saturated heterocycles. The molecular weight excluding hydrogens is 642 g/mol. The number of hydrogen-bond acceptors (Lipinski definition) is 8. The Bertz CT molecular complexity index is 1390. The Kier molecular flexibility index (Phi) is 16.0. The number of hydrogen-bond donors (Lipinski definition) is 5. The number of nitrogens with one attached hydrogen (secondary N) is 5. The van der Waals surface area contributed by atoms with Crippen molar-refractivity contribution >= 4 is 29.7 Å². The van der Waals surface area contributed by atoms with Crippen LogP contribution in [0, 0.1) is 17.8 Å². The minimum atomic E-state index is -1.02. The van der Waals surface area contributed by atoms with Crippen LogP contribution in [0.3, 0.4) is 0 Å². The van der Waals surface area contributed by atoms with Gasteiger partial charge < -0.3 is 30.7 Å². The van der Waals surface area contributed by atoms with Gasteiger partial charge in [-0.1, -0.05) is 56.3 Å². The first-order chi connectivity index (χ1) is 23.8. The van der Waals surface area contributed by atoms with Crippen molar-refractivity contribution in [3.05, 3.63) is 65.7 Å². The molecule has 2 aromatic carbocycles. The van der Waals surface area contributed by atoms with Gasteiger partial charge >= 0.3 is 6.09 Å². The summed E-state index contributed by atoms with van der Waals surface area (Å²) >= 11 is 0. The summed E-state index contributed by atoms with van der Waals surface area (Å²) in [5, 5.41) is 10.9. The number of alkyl carbamates (subject to hydrolysis) is 1. The van der Waals surface area contributed by atoms with Crippen molar-refractivity contribution in [1.29, 1.82) is 0 Å². The third kappa shape index (κ3) is 14.9. The van der Waals surface area contributed by atoms with Crippen molar-refractivity contribution in [2.75, 3.05) is 26.2 Å². The standard InChI is InChI=1S/C37H53N5O8/c1-25(2)21-30-29(34(45)42-49-24-27-11-7-6-8-12-27)13-9-20-48-28-16-14-26(15-17-28)22-31(41-33(30)44)35(46)40-23-32(43)38-18-10-19-39-36(47)50-37(3,4)5/h6-8,11-12,14-17,25,29-31H,9-10,13,18-24H2,1-5H3,(H,38,43)(H,39,47)(H,40,46)(H,41,44)(H,42,45)/t29-,30+,31-/m0/s1. The first-order valence-corrected chi connectivity index (χ1v) is 17.3. The number of fused-ring (bicyclic) bond motifs is 11. The zero-order valence-electron chi connectivity index (χ0n) is 29.8. The fraction of sp³-hybridized carbons (Fsp3) is 0.541. The highest BCUT2D eigenvalue weighted by Gasteiger charge is 2.36. The molecule has 2 aliphatic heterocycles. The van der Waals surface area contributed by atoms with Crippen molar-refractivity contribution in [1.82, 2.24) is 26.7 Å². The summed E-state index contributed by atoms with van der Waals surface area (Å²) in [5.74, 6) is -2.60. The van der Waals surface area contributed by atoms with Crippen molar-refractivity contribution in [2.24, 2.45) is 17.8 Å². The van der Waals surface area contributed by atoms with Crippen LogP contribution in [0.15, 0.2) is 54.6 Å². The third-order valence-electron chi connectivity index (χ3n) is 7.83. The molecule has 0 aliphatic carbocycles. The molecule has 2 aliphatic rings. The monoisotopic (exact) mass is 695 g/mol. The quantitative estimate of drug-likeness (QED) is 0.156. The fourth-order valence-corrected chi connectivity index (χ4v) is 5.43. The molecule has 274 valence electrons. The zero-order valence-corrected chi connectivity index (χ0v) is 29.8. The van der Waals surface area contributed by atoms with Crippen molar-refractivity contribution in [3.8, 4) is 5.75 Å². The van der Waals surface area contributed by atoms with E-state index in [2.05, 4.69) is 26.7 Å². The van der Waals surface area contributed by atoms with E-state index in [1.54, 1.807) is 32.9 Å². The molecule has 13 nitrogen and oxygen atoms in total. The Labute approximate surface area is 294 Å². The molecule has 50 heavy (non-hydrogen) atoms. The van der Waals surface area contributed by atoms with Gasteiger partial charge in [-0.05, 0) is 75.6 Å². The number of carbonyl (C=O) groups excluding carboxylic acids is 5. The molecule has 0 saturated carbocycles. The smallest absolute Gasteiger partial charge is 0.407 e. The molecule has 5 amide bonds. The Morgan fingerprint density at radius 2 is 1.64 bits per heavy atom. The van der Waals surface area contributed by atoms with Gasteiger partial charge in [0, 0.05) is 25.4 Å². The molecule has 0 aromatic heterocycles. The maximum atomic E-state index is 14.0. The molecule has 5 N–H and O–H groups in total. The molecule has 2 bridgehead atoms. The number of amides is 5. The maximum Gasteiger partial charge on any atom is 0.407 e. The molecular formula is C37H53N5O8. The molecule has 0 unspecified atom stereocenters. The average Bonchev–Trinajstić information content (AvgIpc) is 3.05. The predicted molar refractivity (Wildman–Crippen MR) is 187 cm³/mol. The van der Waals surface area contributed by atoms with Crippen LogP contribution in [0.1, 0.15) is 71.4 Å². The van der Waals surface area contributed by atoms with Gasteiger partial charge in [-0.25, -0.2) is 10.3 Å². The van der Waals surface area contributed by atoms with Gasteiger partial charge in [0.25, 0.3) is 0 Å². The fourth-order valence-electron chi connectivity index (χ4n) is 5.43. The zero-order chi connectivity index (χ0) is 36.5. The number of benzene rings is 2. The summed E-state index contributed by atoms with van der Waals surface area (Å²) in [6.45, 7) is 10.0. The number of rotatable bonds is 13. The van der Waals surface area contributed by atoms with Crippen LogP contribution in [0.25, 0.3) is 0 Å². The van der Waals surface area contributed by atoms with Gasteiger partial charge in [-0.15, -0.1) is 0 Å². The summed E-state index contributed by atoms with van der Waals surface area (Å²) in [5.41, 5.74) is 3.60. The van der Waals surface area contributed by atoms with Crippen molar-refractivity contribution < 1.29 is 38.3 Å². The van der Waals surface area contributed by atoms with Crippen molar-refractivity contribution in [3.63, 3.8) is 0 Å². The molecule has 13 heteroatoms. The van der Waals surface area contributed by atoms with E-state index in [0.29, 0.717) is 44.6 Å². The number of hydroxylamine groups is 1. The Balaban J connectivity index is 1.66. The predicted octanol–water partition coefficient (Wildman–Crippen LogP) is 3.56. The van der Waals surface area contributed by atoms with Crippen molar-refractivity contribution in [2.45, 2.75) is 85.0 Å². The lowest BCUT2D eigenvalue weighted by Crippen LogP contribution is -2.53. The number of carbonyl (C=O) groups is 5. The summed E-state index contributed by atoms with van der Waals surface area (Å²) in [7, 11) is 0. The van der Waals surface area contributed by atoms with Gasteiger partial charge in [-0.2, -0.15) is 0 Å². The van der Waals surface area contributed by atoms with E-state index in [4.69, 9.17) is 14.3 Å². The highest BCUT2D eigenvalue weighted by Crippen LogP contribution is 2.27. The molecule has 4 rings (SSSR count). The average molecular weight is 696 g/mol.